The van der Waals surface area contributed by atoms with Gasteiger partial charge in [0.15, 0.2) is 17.0 Å². The molecule has 7 nitrogen and oxygen atoms in total. The average Bonchev–Trinajstić information content (AvgIpc) is 3.23. The summed E-state index contributed by atoms with van der Waals surface area (Å²) in [6.45, 7) is 3.85. The zero-order valence-corrected chi connectivity index (χ0v) is 11.7. The fraction of sp³-hybridized carbons (Fsp3) is 0.692. The summed E-state index contributed by atoms with van der Waals surface area (Å²) in [4.78, 5) is 11.0. The molecule has 0 N–H and O–H groups in total. The van der Waals surface area contributed by atoms with Gasteiger partial charge in [-0.25, -0.2) is 14.6 Å². The first kappa shape index (κ1) is 12.0. The van der Waals surface area contributed by atoms with Crippen LogP contribution in [0.25, 0.3) is 11.2 Å². The molecule has 106 valence electrons. The average molecular weight is 274 g/mol. The van der Waals surface area contributed by atoms with Crippen LogP contribution in [0.4, 0.5) is 5.82 Å². The van der Waals surface area contributed by atoms with Gasteiger partial charge in [0, 0.05) is 20.1 Å². The second-order valence-corrected chi connectivity index (χ2v) is 5.81. The monoisotopic (exact) mass is 274 g/mol. The van der Waals surface area contributed by atoms with Crippen LogP contribution < -0.4 is 4.90 Å². The molecule has 0 spiro atoms. The summed E-state index contributed by atoms with van der Waals surface area (Å²) in [5.41, 5.74) is 1.55. The van der Waals surface area contributed by atoms with Crippen molar-refractivity contribution in [2.24, 2.45) is 13.0 Å². The quantitative estimate of drug-likeness (QED) is 0.805. The number of rotatable bonds is 2. The zero-order chi connectivity index (χ0) is 13.7. The maximum absolute atomic E-state index is 6.05. The summed E-state index contributed by atoms with van der Waals surface area (Å²) >= 11 is 0. The molecule has 4 rings (SSSR count). The van der Waals surface area contributed by atoms with Crippen LogP contribution >= 0.6 is 0 Å². The number of ether oxygens (including phenoxy) is 1. The van der Waals surface area contributed by atoms with E-state index < -0.39 is 0 Å². The molecule has 3 heterocycles. The molecule has 0 amide bonds. The van der Waals surface area contributed by atoms with E-state index in [2.05, 4.69) is 32.1 Å². The van der Waals surface area contributed by atoms with Crippen molar-refractivity contribution in [1.29, 1.82) is 0 Å². The number of morpholine rings is 1. The van der Waals surface area contributed by atoms with Gasteiger partial charge in [0.2, 0.25) is 0 Å². The van der Waals surface area contributed by atoms with Crippen molar-refractivity contribution in [1.82, 2.24) is 25.0 Å². The predicted octanol–water partition coefficient (Wildman–Crippen LogP) is 0.762. The van der Waals surface area contributed by atoms with Crippen molar-refractivity contribution in [3.05, 3.63) is 6.33 Å². The van der Waals surface area contributed by atoms with Gasteiger partial charge in [-0.3, -0.25) is 0 Å². The summed E-state index contributed by atoms with van der Waals surface area (Å²) < 4.78 is 7.74. The third-order valence-electron chi connectivity index (χ3n) is 4.10. The van der Waals surface area contributed by atoms with Crippen molar-refractivity contribution in [3.63, 3.8) is 0 Å². The maximum Gasteiger partial charge on any atom is 0.183 e. The highest BCUT2D eigenvalue weighted by Gasteiger charge is 2.38. The lowest BCUT2D eigenvalue weighted by atomic mass is 10.1. The Balaban J connectivity index is 1.70. The molecule has 0 bridgehead atoms. The minimum atomic E-state index is 0.219. The summed E-state index contributed by atoms with van der Waals surface area (Å²) in [5.74, 6) is 1.60. The van der Waals surface area contributed by atoms with Crippen LogP contribution in [0.3, 0.4) is 0 Å². The van der Waals surface area contributed by atoms with Gasteiger partial charge >= 0.3 is 0 Å². The molecule has 20 heavy (non-hydrogen) atoms. The highest BCUT2D eigenvalue weighted by atomic mass is 16.5. The van der Waals surface area contributed by atoms with Crippen LogP contribution in [0.5, 0.6) is 0 Å². The molecule has 2 atom stereocenters. The van der Waals surface area contributed by atoms with Gasteiger partial charge in [-0.1, -0.05) is 5.21 Å². The lowest BCUT2D eigenvalue weighted by Gasteiger charge is -2.37. The predicted molar refractivity (Wildman–Crippen MR) is 73.4 cm³/mol. The van der Waals surface area contributed by atoms with Gasteiger partial charge in [0.05, 0.1) is 12.2 Å². The second-order valence-electron chi connectivity index (χ2n) is 5.81. The Hall–Kier alpha value is -1.76. The van der Waals surface area contributed by atoms with Crippen molar-refractivity contribution >= 4 is 17.0 Å². The number of anilines is 1. The number of fused-ring (bicyclic) bond motifs is 1. The molecule has 1 aliphatic heterocycles. The normalized spacial score (nSPS) is 27.2. The fourth-order valence-corrected chi connectivity index (χ4v) is 2.96. The Morgan fingerprint density at radius 2 is 2.10 bits per heavy atom. The first-order chi connectivity index (χ1) is 9.72. The zero-order valence-electron chi connectivity index (χ0n) is 11.7. The molecule has 0 aromatic carbocycles. The van der Waals surface area contributed by atoms with Gasteiger partial charge in [-0.05, 0) is 25.7 Å². The molecule has 7 heteroatoms. The maximum atomic E-state index is 6.05. The summed E-state index contributed by atoms with van der Waals surface area (Å²) in [7, 11) is 1.85. The second kappa shape index (κ2) is 4.37. The van der Waals surface area contributed by atoms with Gasteiger partial charge in [0.25, 0.3) is 0 Å². The largest absolute Gasteiger partial charge is 0.371 e. The molecule has 2 aromatic heterocycles. The van der Waals surface area contributed by atoms with Crippen molar-refractivity contribution in [3.8, 4) is 0 Å². The summed E-state index contributed by atoms with van der Waals surface area (Å²) in [6, 6.07) is 0. The van der Waals surface area contributed by atoms with Gasteiger partial charge in [0.1, 0.15) is 6.33 Å². The Labute approximate surface area is 116 Å². The van der Waals surface area contributed by atoms with Crippen LogP contribution in [0.1, 0.15) is 19.8 Å². The van der Waals surface area contributed by atoms with Crippen LogP contribution in [0, 0.1) is 5.92 Å². The SMILES string of the molecule is C[C@@H]1CN(c2ncnc3c2nnn3C)C[C@H](C2CC2)O1. The van der Waals surface area contributed by atoms with E-state index in [0.717, 1.165) is 36.0 Å². The first-order valence-electron chi connectivity index (χ1n) is 7.13. The lowest BCUT2D eigenvalue weighted by molar-refractivity contribution is -0.0273. The summed E-state index contributed by atoms with van der Waals surface area (Å²) in [6.07, 6.45) is 4.70. The van der Waals surface area contributed by atoms with Crippen molar-refractivity contribution < 1.29 is 4.74 Å². The Morgan fingerprint density at radius 1 is 1.25 bits per heavy atom. The highest BCUT2D eigenvalue weighted by Crippen LogP contribution is 2.37. The molecule has 2 aliphatic rings. The first-order valence-corrected chi connectivity index (χ1v) is 7.13. The molecule has 1 saturated carbocycles. The molecular weight excluding hydrogens is 256 g/mol. The molecule has 1 saturated heterocycles. The van der Waals surface area contributed by atoms with E-state index in [0.29, 0.717) is 6.10 Å². The Kier molecular flexibility index (Phi) is 2.63. The summed E-state index contributed by atoms with van der Waals surface area (Å²) in [5, 5.41) is 8.25. The molecular formula is C13H18N6O. The van der Waals surface area contributed by atoms with E-state index in [1.54, 1.807) is 11.0 Å². The van der Waals surface area contributed by atoms with Crippen LogP contribution in [-0.2, 0) is 11.8 Å². The molecule has 2 fully saturated rings. The number of aryl methyl sites for hydroxylation is 1. The number of aromatic nitrogens is 5. The molecule has 1 aliphatic carbocycles. The van der Waals surface area contributed by atoms with E-state index in [1.165, 1.54) is 12.8 Å². The number of nitrogens with zero attached hydrogens (tertiary/aromatic N) is 6. The van der Waals surface area contributed by atoms with E-state index >= 15 is 0 Å². The van der Waals surface area contributed by atoms with E-state index in [1.807, 2.05) is 7.05 Å². The van der Waals surface area contributed by atoms with Crippen LogP contribution in [0.15, 0.2) is 6.33 Å². The van der Waals surface area contributed by atoms with Gasteiger partial charge < -0.3 is 9.64 Å². The molecule has 0 unspecified atom stereocenters. The third kappa shape index (κ3) is 1.93. The molecule has 0 radical (unpaired) electrons. The lowest BCUT2D eigenvalue weighted by Crippen LogP contribution is -2.48. The fourth-order valence-electron chi connectivity index (χ4n) is 2.96. The smallest absolute Gasteiger partial charge is 0.183 e. The van der Waals surface area contributed by atoms with Crippen molar-refractivity contribution in [2.45, 2.75) is 32.0 Å². The van der Waals surface area contributed by atoms with Crippen LogP contribution in [0.2, 0.25) is 0 Å². The minimum absolute atomic E-state index is 0.219. The minimum Gasteiger partial charge on any atom is -0.371 e. The Bertz CT molecular complexity index is 637. The number of hydrogen-bond acceptors (Lipinski definition) is 6. The number of hydrogen-bond donors (Lipinski definition) is 0. The van der Waals surface area contributed by atoms with E-state index in [4.69, 9.17) is 4.74 Å². The van der Waals surface area contributed by atoms with E-state index in [9.17, 15) is 0 Å². The van der Waals surface area contributed by atoms with Gasteiger partial charge in [-0.15, -0.1) is 5.10 Å². The molecule has 2 aromatic rings. The van der Waals surface area contributed by atoms with Crippen LogP contribution in [-0.4, -0.2) is 50.3 Å². The van der Waals surface area contributed by atoms with Gasteiger partial charge in [-0.2, -0.15) is 0 Å². The van der Waals surface area contributed by atoms with E-state index in [-0.39, 0.29) is 6.10 Å². The van der Waals surface area contributed by atoms with Crippen molar-refractivity contribution in [2.75, 3.05) is 18.0 Å². The topological polar surface area (TPSA) is 69.0 Å². The standard InChI is InChI=1S/C13H18N6O/c1-8-5-19(6-10(20-8)9-3-4-9)13-11-12(14-7-15-13)18(2)17-16-11/h7-10H,3-6H2,1-2H3/t8-,10-/m1/s1. The third-order valence-corrected chi connectivity index (χ3v) is 4.10. The highest BCUT2D eigenvalue weighted by molar-refractivity contribution is 5.82. The Morgan fingerprint density at radius 3 is 2.90 bits per heavy atom.